The van der Waals surface area contributed by atoms with Gasteiger partial charge in [-0.2, -0.15) is 5.10 Å². The maximum absolute atomic E-state index is 12.5. The van der Waals surface area contributed by atoms with Gasteiger partial charge in [-0.25, -0.2) is 24.5 Å². The lowest BCUT2D eigenvalue weighted by Crippen LogP contribution is -2.55. The van der Waals surface area contributed by atoms with Crippen molar-refractivity contribution in [2.75, 3.05) is 23.3 Å². The van der Waals surface area contributed by atoms with E-state index in [-0.39, 0.29) is 18.0 Å². The number of carbonyl (C=O) groups excluding carboxylic acids is 1. The average Bonchev–Trinajstić information content (AvgIpc) is 3.60. The molecule has 7 rings (SSSR count). The van der Waals surface area contributed by atoms with Gasteiger partial charge in [0.1, 0.15) is 35.5 Å². The first kappa shape index (κ1) is 27.9. The van der Waals surface area contributed by atoms with Crippen LogP contribution in [-0.4, -0.2) is 65.5 Å². The van der Waals surface area contributed by atoms with Crippen molar-refractivity contribution in [2.45, 2.75) is 52.6 Å². The second-order valence-electron chi connectivity index (χ2n) is 10.3. The molecule has 2 aliphatic rings. The average molecular weight is 576 g/mol. The Labute approximate surface area is 249 Å². The SMILES string of the molecule is CC.CC#CC(=O)N1C2CCC1CN(c1ccc3ncnc(Nc4ccc(Oc5ccn6ncnc6c5)c(C)c4)c3n1)C2. The van der Waals surface area contributed by atoms with Gasteiger partial charge in [0, 0.05) is 31.0 Å². The molecule has 1 amide bonds. The van der Waals surface area contributed by atoms with Crippen molar-refractivity contribution < 1.29 is 9.53 Å². The van der Waals surface area contributed by atoms with Crippen LogP contribution in [0.2, 0.25) is 0 Å². The van der Waals surface area contributed by atoms with Crippen LogP contribution in [0.25, 0.3) is 16.7 Å². The fourth-order valence-electron chi connectivity index (χ4n) is 5.76. The van der Waals surface area contributed by atoms with Gasteiger partial charge in [-0.3, -0.25) is 4.79 Å². The molecule has 0 aliphatic carbocycles. The predicted octanol–water partition coefficient (Wildman–Crippen LogP) is 5.14. The van der Waals surface area contributed by atoms with E-state index in [9.17, 15) is 4.79 Å². The zero-order valence-corrected chi connectivity index (χ0v) is 24.7. The molecule has 6 heterocycles. The summed E-state index contributed by atoms with van der Waals surface area (Å²) in [5.74, 6) is 8.28. The van der Waals surface area contributed by atoms with Crippen molar-refractivity contribution in [3.8, 4) is 23.3 Å². The molecule has 2 saturated heterocycles. The summed E-state index contributed by atoms with van der Waals surface area (Å²) < 4.78 is 7.81. The molecule has 2 bridgehead atoms. The Morgan fingerprint density at radius 2 is 1.81 bits per heavy atom. The third kappa shape index (κ3) is 5.51. The Hall–Kier alpha value is -5.24. The first-order chi connectivity index (χ1) is 21.1. The summed E-state index contributed by atoms with van der Waals surface area (Å²) >= 11 is 0. The molecule has 218 valence electrons. The number of benzene rings is 1. The number of aryl methyl sites for hydroxylation is 1. The fraction of sp³-hybridized carbons (Fsp3) is 0.312. The molecule has 1 N–H and O–H groups in total. The number of nitrogens with one attached hydrogen (secondary N) is 1. The molecule has 0 spiro atoms. The van der Waals surface area contributed by atoms with Crippen LogP contribution >= 0.6 is 0 Å². The van der Waals surface area contributed by atoms with Crippen LogP contribution in [-0.2, 0) is 4.79 Å². The van der Waals surface area contributed by atoms with E-state index >= 15 is 0 Å². The van der Waals surface area contributed by atoms with Gasteiger partial charge in [0.2, 0.25) is 0 Å². The van der Waals surface area contributed by atoms with Crippen LogP contribution in [0.4, 0.5) is 17.3 Å². The molecule has 11 nitrogen and oxygen atoms in total. The Balaban J connectivity index is 0.00000161. The van der Waals surface area contributed by atoms with Gasteiger partial charge in [-0.1, -0.05) is 19.8 Å². The molecule has 2 fully saturated rings. The number of carbonyl (C=O) groups is 1. The van der Waals surface area contributed by atoms with E-state index in [4.69, 9.17) is 9.72 Å². The normalized spacial score (nSPS) is 17.2. The first-order valence-electron chi connectivity index (χ1n) is 14.5. The van der Waals surface area contributed by atoms with Crippen LogP contribution in [0, 0.1) is 18.8 Å². The van der Waals surface area contributed by atoms with E-state index in [1.807, 2.05) is 74.3 Å². The molecule has 0 saturated carbocycles. The van der Waals surface area contributed by atoms with Crippen LogP contribution in [0.15, 0.2) is 61.3 Å². The monoisotopic (exact) mass is 575 g/mol. The third-order valence-corrected chi connectivity index (χ3v) is 7.66. The number of amides is 1. The minimum absolute atomic E-state index is 0.0749. The number of fused-ring (bicyclic) bond motifs is 4. The van der Waals surface area contributed by atoms with E-state index < -0.39 is 0 Å². The van der Waals surface area contributed by atoms with Crippen molar-refractivity contribution >= 4 is 39.9 Å². The number of anilines is 3. The van der Waals surface area contributed by atoms with Gasteiger partial charge in [-0.15, -0.1) is 0 Å². The van der Waals surface area contributed by atoms with E-state index in [0.717, 1.165) is 59.9 Å². The highest BCUT2D eigenvalue weighted by molar-refractivity contribution is 5.94. The lowest BCUT2D eigenvalue weighted by molar-refractivity contribution is -0.128. The van der Waals surface area contributed by atoms with Gasteiger partial charge >= 0.3 is 0 Å². The Morgan fingerprint density at radius 1 is 1.00 bits per heavy atom. The number of aromatic nitrogens is 6. The van der Waals surface area contributed by atoms with Gasteiger partial charge < -0.3 is 19.9 Å². The zero-order valence-electron chi connectivity index (χ0n) is 24.7. The van der Waals surface area contributed by atoms with Crippen molar-refractivity contribution in [3.05, 3.63) is 66.9 Å². The van der Waals surface area contributed by atoms with Crippen LogP contribution < -0.4 is 15.0 Å². The number of hydrogen-bond acceptors (Lipinski definition) is 9. The Morgan fingerprint density at radius 3 is 2.58 bits per heavy atom. The molecule has 2 aliphatic heterocycles. The van der Waals surface area contributed by atoms with Gasteiger partial charge in [0.15, 0.2) is 11.5 Å². The standard InChI is InChI=1S/C30H27N9O2.C2H6/c1-3-4-28(40)39-21-6-7-22(39)16-37(15-21)26-10-8-24-29(36-26)30(33-17-31-24)35-20-5-9-25(19(2)13-20)41-23-11-12-38-27(14-23)32-18-34-38;1-2/h5,8-14,17-18,21-22H,6-7,15-16H2,1-2H3,(H,31,33,35);1-2H3. The topological polar surface area (TPSA) is 114 Å². The molecular formula is C32H33N9O2. The molecule has 43 heavy (non-hydrogen) atoms. The number of rotatable bonds is 5. The molecule has 4 aromatic heterocycles. The number of ether oxygens (including phenoxy) is 1. The quantitative estimate of drug-likeness (QED) is 0.285. The van der Waals surface area contributed by atoms with Crippen LogP contribution in [0.1, 0.15) is 39.2 Å². The van der Waals surface area contributed by atoms with Crippen molar-refractivity contribution in [3.63, 3.8) is 0 Å². The minimum Gasteiger partial charge on any atom is -0.457 e. The van der Waals surface area contributed by atoms with Gasteiger partial charge in [0.05, 0.1) is 17.6 Å². The number of pyridine rings is 2. The maximum atomic E-state index is 12.5. The number of piperazine rings is 1. The van der Waals surface area contributed by atoms with Crippen LogP contribution in [0.5, 0.6) is 11.5 Å². The molecule has 5 aromatic rings. The van der Waals surface area contributed by atoms with Gasteiger partial charge in [-0.05, 0) is 74.6 Å². The second-order valence-corrected chi connectivity index (χ2v) is 10.3. The molecule has 0 radical (unpaired) electrons. The summed E-state index contributed by atoms with van der Waals surface area (Å²) in [5.41, 5.74) is 3.97. The fourth-order valence-corrected chi connectivity index (χ4v) is 5.76. The summed E-state index contributed by atoms with van der Waals surface area (Å²) in [5, 5.41) is 7.54. The summed E-state index contributed by atoms with van der Waals surface area (Å²) in [6.07, 6.45) is 6.83. The maximum Gasteiger partial charge on any atom is 0.299 e. The molecule has 2 unspecified atom stereocenters. The minimum atomic E-state index is -0.0749. The molecular weight excluding hydrogens is 542 g/mol. The molecule has 2 atom stereocenters. The highest BCUT2D eigenvalue weighted by Gasteiger charge is 2.42. The Bertz CT molecular complexity index is 1840. The first-order valence-corrected chi connectivity index (χ1v) is 14.5. The summed E-state index contributed by atoms with van der Waals surface area (Å²) in [4.78, 5) is 34.9. The lowest BCUT2D eigenvalue weighted by atomic mass is 10.1. The number of hydrogen-bond donors (Lipinski definition) is 1. The van der Waals surface area contributed by atoms with Crippen molar-refractivity contribution in [1.82, 2.24) is 34.4 Å². The molecule has 1 aromatic carbocycles. The third-order valence-electron chi connectivity index (χ3n) is 7.66. The van der Waals surface area contributed by atoms with Crippen molar-refractivity contribution in [2.24, 2.45) is 0 Å². The highest BCUT2D eigenvalue weighted by Crippen LogP contribution is 2.34. The largest absolute Gasteiger partial charge is 0.457 e. The summed E-state index contributed by atoms with van der Waals surface area (Å²) in [6.45, 7) is 9.16. The van der Waals surface area contributed by atoms with E-state index in [2.05, 4.69) is 42.1 Å². The van der Waals surface area contributed by atoms with E-state index in [0.29, 0.717) is 17.1 Å². The summed E-state index contributed by atoms with van der Waals surface area (Å²) in [6, 6.07) is 13.8. The second kappa shape index (κ2) is 11.9. The predicted molar refractivity (Wildman–Crippen MR) is 166 cm³/mol. The summed E-state index contributed by atoms with van der Waals surface area (Å²) in [7, 11) is 0. The Kier molecular flexibility index (Phi) is 7.75. The van der Waals surface area contributed by atoms with E-state index in [1.165, 1.54) is 12.7 Å². The zero-order chi connectivity index (χ0) is 29.9. The lowest BCUT2D eigenvalue weighted by Gasteiger charge is -2.40. The number of nitrogens with zero attached hydrogens (tertiary/aromatic N) is 8. The smallest absolute Gasteiger partial charge is 0.299 e. The van der Waals surface area contributed by atoms with Crippen LogP contribution in [0.3, 0.4) is 0 Å². The highest BCUT2D eigenvalue weighted by atomic mass is 16.5. The van der Waals surface area contributed by atoms with E-state index in [1.54, 1.807) is 11.4 Å². The van der Waals surface area contributed by atoms with Gasteiger partial charge in [0.25, 0.3) is 5.91 Å². The molecule has 11 heteroatoms. The van der Waals surface area contributed by atoms with Crippen molar-refractivity contribution in [1.29, 1.82) is 0 Å².